The first kappa shape index (κ1) is 11.3. The lowest BCUT2D eigenvalue weighted by molar-refractivity contribution is -0.0332. The average molecular weight is 226 g/mol. The van der Waals surface area contributed by atoms with E-state index in [4.69, 9.17) is 5.73 Å². The molecule has 0 aliphatic heterocycles. The standard InChI is InChI=1S/C6H9F3N4S/c1-2-13-4(3-10)11-12-5(13)14-6(7,8)9/h2-3,10H2,1H3. The number of halogens is 3. The molecule has 0 saturated carbocycles. The minimum atomic E-state index is -4.34. The second kappa shape index (κ2) is 4.18. The van der Waals surface area contributed by atoms with Crippen LogP contribution < -0.4 is 5.73 Å². The maximum atomic E-state index is 12.0. The number of nitrogens with two attached hydrogens (primary N) is 1. The molecule has 2 N–H and O–H groups in total. The van der Waals surface area contributed by atoms with E-state index in [0.29, 0.717) is 12.4 Å². The number of aromatic nitrogens is 3. The van der Waals surface area contributed by atoms with Gasteiger partial charge in [-0.1, -0.05) is 0 Å². The molecule has 1 heterocycles. The Labute approximate surface area is 82.7 Å². The van der Waals surface area contributed by atoms with Crippen molar-refractivity contribution in [3.05, 3.63) is 5.82 Å². The predicted molar refractivity (Wildman–Crippen MR) is 45.5 cm³/mol. The van der Waals surface area contributed by atoms with Crippen LogP contribution in [-0.4, -0.2) is 20.3 Å². The maximum absolute atomic E-state index is 12.0. The summed E-state index contributed by atoms with van der Waals surface area (Å²) in [5.74, 6) is 0.360. The molecule has 0 bridgehead atoms. The monoisotopic (exact) mass is 226 g/mol. The Morgan fingerprint density at radius 1 is 1.43 bits per heavy atom. The van der Waals surface area contributed by atoms with Crippen molar-refractivity contribution in [3.8, 4) is 0 Å². The third-order valence-electron chi connectivity index (χ3n) is 1.50. The van der Waals surface area contributed by atoms with E-state index < -0.39 is 5.51 Å². The molecular formula is C6H9F3N4S. The highest BCUT2D eigenvalue weighted by atomic mass is 32.2. The van der Waals surface area contributed by atoms with Crippen LogP contribution in [0.2, 0.25) is 0 Å². The van der Waals surface area contributed by atoms with Gasteiger partial charge in [0.2, 0.25) is 0 Å². The van der Waals surface area contributed by atoms with Crippen LogP contribution >= 0.6 is 11.8 Å². The van der Waals surface area contributed by atoms with E-state index in [2.05, 4.69) is 10.2 Å². The Morgan fingerprint density at radius 2 is 2.07 bits per heavy atom. The number of alkyl halides is 3. The third-order valence-corrected chi connectivity index (χ3v) is 2.22. The van der Waals surface area contributed by atoms with Gasteiger partial charge >= 0.3 is 5.51 Å². The molecule has 8 heteroatoms. The van der Waals surface area contributed by atoms with Crippen molar-refractivity contribution in [3.63, 3.8) is 0 Å². The summed E-state index contributed by atoms with van der Waals surface area (Å²) in [5, 5.41) is 6.81. The molecule has 14 heavy (non-hydrogen) atoms. The largest absolute Gasteiger partial charge is 0.449 e. The Bertz CT molecular complexity index is 309. The third kappa shape index (κ3) is 2.61. The Balaban J connectivity index is 2.92. The van der Waals surface area contributed by atoms with Gasteiger partial charge in [-0.25, -0.2) is 0 Å². The first-order chi connectivity index (χ1) is 6.48. The molecule has 0 aliphatic carbocycles. The van der Waals surface area contributed by atoms with Gasteiger partial charge in [-0.3, -0.25) is 0 Å². The zero-order valence-electron chi connectivity index (χ0n) is 7.38. The van der Waals surface area contributed by atoms with Crippen LogP contribution in [0.15, 0.2) is 5.16 Å². The van der Waals surface area contributed by atoms with Crippen molar-refractivity contribution >= 4 is 11.8 Å². The summed E-state index contributed by atoms with van der Waals surface area (Å²) < 4.78 is 37.4. The zero-order chi connectivity index (χ0) is 10.8. The molecule has 0 radical (unpaired) electrons. The first-order valence-corrected chi connectivity index (χ1v) is 4.67. The van der Waals surface area contributed by atoms with E-state index in [1.807, 2.05) is 0 Å². The fourth-order valence-electron chi connectivity index (χ4n) is 0.967. The number of rotatable bonds is 3. The summed E-state index contributed by atoms with van der Waals surface area (Å²) in [7, 11) is 0. The van der Waals surface area contributed by atoms with Crippen molar-refractivity contribution in [1.29, 1.82) is 0 Å². The highest BCUT2D eigenvalue weighted by Gasteiger charge is 2.32. The van der Waals surface area contributed by atoms with Gasteiger partial charge in [0.15, 0.2) is 5.16 Å². The fourth-order valence-corrected chi connectivity index (χ4v) is 1.60. The minimum Gasteiger partial charge on any atom is -0.324 e. The van der Waals surface area contributed by atoms with Crippen molar-refractivity contribution in [2.24, 2.45) is 5.73 Å². The predicted octanol–water partition coefficient (Wildman–Crippen LogP) is 1.37. The number of nitrogens with zero attached hydrogens (tertiary/aromatic N) is 3. The molecule has 0 saturated heterocycles. The lowest BCUT2D eigenvalue weighted by Crippen LogP contribution is -2.10. The zero-order valence-corrected chi connectivity index (χ0v) is 8.19. The van der Waals surface area contributed by atoms with Crippen LogP contribution in [-0.2, 0) is 13.1 Å². The SMILES string of the molecule is CCn1c(CN)nnc1SC(F)(F)F. The Kier molecular flexibility index (Phi) is 3.38. The van der Waals surface area contributed by atoms with Crippen LogP contribution in [0.4, 0.5) is 13.2 Å². The van der Waals surface area contributed by atoms with Gasteiger partial charge < -0.3 is 10.3 Å². The molecule has 0 fully saturated rings. The molecule has 80 valence electrons. The molecule has 0 aromatic carbocycles. The lowest BCUT2D eigenvalue weighted by Gasteiger charge is -2.07. The van der Waals surface area contributed by atoms with E-state index in [1.54, 1.807) is 6.92 Å². The summed E-state index contributed by atoms with van der Waals surface area (Å²) in [5.41, 5.74) is 0.948. The van der Waals surface area contributed by atoms with E-state index >= 15 is 0 Å². The number of thioether (sulfide) groups is 1. The first-order valence-electron chi connectivity index (χ1n) is 3.85. The minimum absolute atomic E-state index is 0.0826. The molecule has 0 spiro atoms. The van der Waals surface area contributed by atoms with Gasteiger partial charge in [-0.15, -0.1) is 10.2 Å². The second-order valence-electron chi connectivity index (χ2n) is 2.39. The highest BCUT2D eigenvalue weighted by molar-refractivity contribution is 8.00. The van der Waals surface area contributed by atoms with Gasteiger partial charge in [-0.2, -0.15) is 13.2 Å². The summed E-state index contributed by atoms with van der Waals surface area (Å²) in [4.78, 5) is 0. The van der Waals surface area contributed by atoms with Crippen LogP contribution in [0.1, 0.15) is 12.7 Å². The van der Waals surface area contributed by atoms with Gasteiger partial charge in [0.25, 0.3) is 0 Å². The summed E-state index contributed by atoms with van der Waals surface area (Å²) >= 11 is -0.278. The molecule has 1 aromatic rings. The second-order valence-corrected chi connectivity index (χ2v) is 3.43. The molecule has 0 aliphatic rings. The Hall–Kier alpha value is -0.760. The molecule has 0 amide bonds. The summed E-state index contributed by atoms with van der Waals surface area (Å²) in [6.45, 7) is 2.17. The lowest BCUT2D eigenvalue weighted by atomic mass is 10.6. The fraction of sp³-hybridized carbons (Fsp3) is 0.667. The molecular weight excluding hydrogens is 217 g/mol. The quantitative estimate of drug-likeness (QED) is 0.791. The molecule has 4 nitrogen and oxygen atoms in total. The van der Waals surface area contributed by atoms with Crippen LogP contribution in [0.5, 0.6) is 0 Å². The van der Waals surface area contributed by atoms with E-state index in [1.165, 1.54) is 4.57 Å². The molecule has 1 aromatic heterocycles. The smallest absolute Gasteiger partial charge is 0.324 e. The Morgan fingerprint density at radius 3 is 2.50 bits per heavy atom. The van der Waals surface area contributed by atoms with Crippen molar-refractivity contribution in [2.45, 2.75) is 30.7 Å². The van der Waals surface area contributed by atoms with Crippen molar-refractivity contribution < 1.29 is 13.2 Å². The average Bonchev–Trinajstić information content (AvgIpc) is 2.43. The summed E-state index contributed by atoms with van der Waals surface area (Å²) in [6.07, 6.45) is 0. The number of hydrogen-bond donors (Lipinski definition) is 1. The van der Waals surface area contributed by atoms with Crippen LogP contribution in [0.3, 0.4) is 0 Å². The summed E-state index contributed by atoms with van der Waals surface area (Å²) in [6, 6.07) is 0. The van der Waals surface area contributed by atoms with Gasteiger partial charge in [-0.05, 0) is 6.92 Å². The molecule has 1 rings (SSSR count). The normalized spacial score (nSPS) is 12.1. The van der Waals surface area contributed by atoms with Gasteiger partial charge in [0.05, 0.1) is 6.54 Å². The molecule has 0 atom stereocenters. The van der Waals surface area contributed by atoms with Crippen molar-refractivity contribution in [1.82, 2.24) is 14.8 Å². The number of hydrogen-bond acceptors (Lipinski definition) is 4. The van der Waals surface area contributed by atoms with Gasteiger partial charge in [0, 0.05) is 18.3 Å². The molecule has 0 unspecified atom stereocenters. The van der Waals surface area contributed by atoms with E-state index in [0.717, 1.165) is 0 Å². The van der Waals surface area contributed by atoms with E-state index in [-0.39, 0.29) is 23.5 Å². The van der Waals surface area contributed by atoms with Crippen molar-refractivity contribution in [2.75, 3.05) is 0 Å². The highest BCUT2D eigenvalue weighted by Crippen LogP contribution is 2.35. The maximum Gasteiger partial charge on any atom is 0.449 e. The van der Waals surface area contributed by atoms with Gasteiger partial charge in [0.1, 0.15) is 5.82 Å². The van der Waals surface area contributed by atoms with Crippen LogP contribution in [0.25, 0.3) is 0 Å². The van der Waals surface area contributed by atoms with Crippen LogP contribution in [0, 0.1) is 0 Å². The topological polar surface area (TPSA) is 56.7 Å². The van der Waals surface area contributed by atoms with E-state index in [9.17, 15) is 13.2 Å².